The van der Waals surface area contributed by atoms with Crippen LogP contribution < -0.4 is 10.6 Å². The second-order valence-electron chi connectivity index (χ2n) is 7.16. The fourth-order valence-corrected chi connectivity index (χ4v) is 3.48. The van der Waals surface area contributed by atoms with Gasteiger partial charge in [0, 0.05) is 35.2 Å². The summed E-state index contributed by atoms with van der Waals surface area (Å²) in [6.07, 6.45) is 4.83. The van der Waals surface area contributed by atoms with Gasteiger partial charge in [0.05, 0.1) is 5.41 Å². The highest BCUT2D eigenvalue weighted by Crippen LogP contribution is 2.48. The van der Waals surface area contributed by atoms with Crippen LogP contribution >= 0.6 is 11.6 Å². The average molecular weight is 406 g/mol. The Bertz CT molecular complexity index is 1030. The molecule has 4 rings (SSSR count). The van der Waals surface area contributed by atoms with Gasteiger partial charge < -0.3 is 10.6 Å². The smallest absolute Gasteiger partial charge is 0.255 e. The van der Waals surface area contributed by atoms with Crippen molar-refractivity contribution >= 4 is 29.1 Å². The lowest BCUT2D eigenvalue weighted by molar-refractivity contribution is -0.123. The Balaban J connectivity index is 1.39. The molecule has 1 aliphatic carbocycles. The van der Waals surface area contributed by atoms with Gasteiger partial charge in [0.15, 0.2) is 0 Å². The number of pyridine rings is 1. The number of carbonyl (C=O) groups is 2. The van der Waals surface area contributed by atoms with Crippen LogP contribution in [0.25, 0.3) is 0 Å². The maximum atomic E-state index is 12.8. The van der Waals surface area contributed by atoms with E-state index in [4.69, 9.17) is 11.6 Å². The summed E-state index contributed by atoms with van der Waals surface area (Å²) in [5.41, 5.74) is 2.68. The zero-order chi connectivity index (χ0) is 20.3. The molecule has 6 heteroatoms. The number of carbonyl (C=O) groups excluding carboxylic acids is 2. The number of amides is 2. The molecule has 0 radical (unpaired) electrons. The minimum atomic E-state index is -0.447. The third-order valence-corrected chi connectivity index (χ3v) is 5.41. The number of rotatable bonds is 6. The Morgan fingerprint density at radius 1 is 1.00 bits per heavy atom. The number of benzene rings is 2. The molecule has 2 aromatic carbocycles. The average Bonchev–Trinajstić information content (AvgIpc) is 3.55. The van der Waals surface area contributed by atoms with E-state index in [-0.39, 0.29) is 11.8 Å². The van der Waals surface area contributed by atoms with E-state index in [1.807, 2.05) is 48.5 Å². The van der Waals surface area contributed by atoms with Crippen molar-refractivity contribution < 1.29 is 9.59 Å². The summed E-state index contributed by atoms with van der Waals surface area (Å²) >= 11 is 5.96. The highest BCUT2D eigenvalue weighted by molar-refractivity contribution is 6.30. The van der Waals surface area contributed by atoms with Gasteiger partial charge in [-0.1, -0.05) is 35.9 Å². The van der Waals surface area contributed by atoms with Crippen molar-refractivity contribution in [1.29, 1.82) is 0 Å². The highest BCUT2D eigenvalue weighted by Gasteiger charge is 2.51. The molecule has 1 heterocycles. The van der Waals surface area contributed by atoms with E-state index in [1.165, 1.54) is 0 Å². The summed E-state index contributed by atoms with van der Waals surface area (Å²) in [4.78, 5) is 29.0. The van der Waals surface area contributed by atoms with Gasteiger partial charge in [-0.25, -0.2) is 0 Å². The van der Waals surface area contributed by atoms with E-state index < -0.39 is 5.41 Å². The molecule has 1 fully saturated rings. The van der Waals surface area contributed by atoms with E-state index in [0.29, 0.717) is 22.8 Å². The van der Waals surface area contributed by atoms with Gasteiger partial charge in [-0.3, -0.25) is 14.6 Å². The third kappa shape index (κ3) is 4.30. The van der Waals surface area contributed by atoms with Gasteiger partial charge in [-0.2, -0.15) is 0 Å². The SMILES string of the molecule is O=C(Nc1cccc(CNC(=O)C2(c3ccc(Cl)cc3)CC2)c1)c1ccncc1. The Hall–Kier alpha value is -3.18. The summed E-state index contributed by atoms with van der Waals surface area (Å²) in [5.74, 6) is -0.181. The van der Waals surface area contributed by atoms with Crippen LogP contribution in [0.4, 0.5) is 5.69 Å². The maximum Gasteiger partial charge on any atom is 0.255 e. The number of aromatic nitrogens is 1. The van der Waals surface area contributed by atoms with Gasteiger partial charge in [0.25, 0.3) is 5.91 Å². The van der Waals surface area contributed by atoms with Crippen LogP contribution in [0, 0.1) is 0 Å². The predicted molar refractivity (Wildman–Crippen MR) is 113 cm³/mol. The van der Waals surface area contributed by atoms with Gasteiger partial charge >= 0.3 is 0 Å². The Labute approximate surface area is 174 Å². The lowest BCUT2D eigenvalue weighted by Gasteiger charge is -2.16. The zero-order valence-corrected chi connectivity index (χ0v) is 16.4. The van der Waals surface area contributed by atoms with Crippen molar-refractivity contribution in [2.45, 2.75) is 24.8 Å². The predicted octanol–water partition coefficient (Wildman–Crippen LogP) is 4.34. The van der Waals surface area contributed by atoms with E-state index in [9.17, 15) is 9.59 Å². The molecule has 0 unspecified atom stereocenters. The van der Waals surface area contributed by atoms with Crippen molar-refractivity contribution in [3.63, 3.8) is 0 Å². The minimum absolute atomic E-state index is 0.0195. The first-order valence-electron chi connectivity index (χ1n) is 9.41. The number of nitrogens with one attached hydrogen (secondary N) is 2. The highest BCUT2D eigenvalue weighted by atomic mass is 35.5. The molecule has 0 spiro atoms. The van der Waals surface area contributed by atoms with Crippen LogP contribution in [0.1, 0.15) is 34.3 Å². The van der Waals surface area contributed by atoms with Crippen molar-refractivity contribution in [3.05, 3.63) is 94.8 Å². The molecule has 1 saturated carbocycles. The molecule has 146 valence electrons. The fourth-order valence-electron chi connectivity index (χ4n) is 3.36. The molecule has 0 saturated heterocycles. The molecule has 29 heavy (non-hydrogen) atoms. The quantitative estimate of drug-likeness (QED) is 0.641. The summed E-state index contributed by atoms with van der Waals surface area (Å²) < 4.78 is 0. The molecule has 1 aliphatic rings. The lowest BCUT2D eigenvalue weighted by atomic mass is 9.95. The second-order valence-corrected chi connectivity index (χ2v) is 7.60. The van der Waals surface area contributed by atoms with Crippen LogP contribution in [0.5, 0.6) is 0 Å². The van der Waals surface area contributed by atoms with Gasteiger partial charge in [0.2, 0.25) is 5.91 Å². The number of anilines is 1. The van der Waals surface area contributed by atoms with Crippen molar-refractivity contribution in [3.8, 4) is 0 Å². The van der Waals surface area contributed by atoms with Crippen LogP contribution in [0.15, 0.2) is 73.1 Å². The third-order valence-electron chi connectivity index (χ3n) is 5.16. The first-order valence-corrected chi connectivity index (χ1v) is 9.79. The maximum absolute atomic E-state index is 12.8. The van der Waals surface area contributed by atoms with Crippen molar-refractivity contribution in [2.24, 2.45) is 0 Å². The largest absolute Gasteiger partial charge is 0.351 e. The zero-order valence-electron chi connectivity index (χ0n) is 15.7. The van der Waals surface area contributed by atoms with E-state index >= 15 is 0 Å². The van der Waals surface area contributed by atoms with Gasteiger partial charge in [-0.15, -0.1) is 0 Å². The second kappa shape index (κ2) is 8.05. The molecule has 3 aromatic rings. The fraction of sp³-hybridized carbons (Fsp3) is 0.174. The van der Waals surface area contributed by atoms with E-state index in [2.05, 4.69) is 15.6 Å². The van der Waals surface area contributed by atoms with Crippen LogP contribution in [-0.2, 0) is 16.8 Å². The molecule has 5 nitrogen and oxygen atoms in total. The standard InChI is InChI=1S/C23H20ClN3O2/c24-19-6-4-18(5-7-19)23(10-11-23)22(29)26-15-16-2-1-3-20(14-16)27-21(28)17-8-12-25-13-9-17/h1-9,12-14H,10-11,15H2,(H,26,29)(H,27,28). The lowest BCUT2D eigenvalue weighted by Crippen LogP contribution is -2.34. The minimum Gasteiger partial charge on any atom is -0.351 e. The van der Waals surface area contributed by atoms with Crippen LogP contribution in [-0.4, -0.2) is 16.8 Å². The van der Waals surface area contributed by atoms with Gasteiger partial charge in [-0.05, 0) is 60.4 Å². The number of hydrogen-bond donors (Lipinski definition) is 2. The first-order chi connectivity index (χ1) is 14.1. The molecule has 2 amide bonds. The van der Waals surface area contributed by atoms with Crippen LogP contribution in [0.3, 0.4) is 0 Å². The normalized spacial score (nSPS) is 14.1. The molecule has 2 N–H and O–H groups in total. The number of hydrogen-bond acceptors (Lipinski definition) is 3. The first kappa shape index (κ1) is 19.2. The Kier molecular flexibility index (Phi) is 5.32. The molecular formula is C23H20ClN3O2. The van der Waals surface area contributed by atoms with Crippen molar-refractivity contribution in [2.75, 3.05) is 5.32 Å². The summed E-state index contributed by atoms with van der Waals surface area (Å²) in [5, 5.41) is 6.56. The molecule has 1 aromatic heterocycles. The summed E-state index contributed by atoms with van der Waals surface area (Å²) in [6, 6.07) is 18.3. The Morgan fingerprint density at radius 2 is 1.72 bits per heavy atom. The van der Waals surface area contributed by atoms with Crippen molar-refractivity contribution in [1.82, 2.24) is 10.3 Å². The Morgan fingerprint density at radius 3 is 2.41 bits per heavy atom. The monoisotopic (exact) mass is 405 g/mol. The van der Waals surface area contributed by atoms with Gasteiger partial charge in [0.1, 0.15) is 0 Å². The van der Waals surface area contributed by atoms with Crippen LogP contribution in [0.2, 0.25) is 5.02 Å². The molecular weight excluding hydrogens is 386 g/mol. The molecule has 0 atom stereocenters. The molecule has 0 bridgehead atoms. The van der Waals surface area contributed by atoms with E-state index in [0.717, 1.165) is 24.0 Å². The van der Waals surface area contributed by atoms with E-state index in [1.54, 1.807) is 24.5 Å². The summed E-state index contributed by atoms with van der Waals surface area (Å²) in [7, 11) is 0. The number of halogens is 1. The molecule has 0 aliphatic heterocycles. The summed E-state index contributed by atoms with van der Waals surface area (Å²) in [6.45, 7) is 0.396. The number of nitrogens with zero attached hydrogens (tertiary/aromatic N) is 1. The topological polar surface area (TPSA) is 71.1 Å².